The van der Waals surface area contributed by atoms with Gasteiger partial charge in [-0.05, 0) is 52.3 Å². The van der Waals surface area contributed by atoms with E-state index in [4.69, 9.17) is 0 Å². The maximum absolute atomic E-state index is 12.2. The van der Waals surface area contributed by atoms with Crippen molar-refractivity contribution in [2.24, 2.45) is 0 Å². The first-order valence-corrected chi connectivity index (χ1v) is 7.48. The van der Waals surface area contributed by atoms with Gasteiger partial charge in [0.15, 0.2) is 5.78 Å². The molecule has 0 aliphatic rings. The Hall–Kier alpha value is -0.710. The van der Waals surface area contributed by atoms with Gasteiger partial charge in [-0.3, -0.25) is 9.69 Å². The molecule has 106 valence electrons. The smallest absolute Gasteiger partial charge is 0.176 e. The molecule has 0 saturated heterocycles. The van der Waals surface area contributed by atoms with Crippen LogP contribution in [0.3, 0.4) is 0 Å². The van der Waals surface area contributed by atoms with Crippen molar-refractivity contribution in [3.05, 3.63) is 34.3 Å². The first-order valence-electron chi connectivity index (χ1n) is 6.68. The highest BCUT2D eigenvalue weighted by atomic mass is 79.9. The summed E-state index contributed by atoms with van der Waals surface area (Å²) in [6.45, 7) is 5.54. The van der Waals surface area contributed by atoms with Gasteiger partial charge in [-0.25, -0.2) is 0 Å². The summed E-state index contributed by atoms with van der Waals surface area (Å²) < 4.78 is 0.953. The number of halogens is 1. The van der Waals surface area contributed by atoms with E-state index in [0.717, 1.165) is 36.1 Å². The molecular formula is C15H23BrN2O. The van der Waals surface area contributed by atoms with Crippen molar-refractivity contribution in [1.29, 1.82) is 0 Å². The molecule has 0 amide bonds. The minimum absolute atomic E-state index is 0.188. The van der Waals surface area contributed by atoms with Gasteiger partial charge in [0.1, 0.15) is 0 Å². The van der Waals surface area contributed by atoms with Crippen molar-refractivity contribution < 1.29 is 4.79 Å². The molecule has 0 bridgehead atoms. The fourth-order valence-corrected chi connectivity index (χ4v) is 2.32. The van der Waals surface area contributed by atoms with Crippen LogP contribution in [0.1, 0.15) is 23.7 Å². The Morgan fingerprint density at radius 1 is 1.26 bits per heavy atom. The van der Waals surface area contributed by atoms with Gasteiger partial charge in [0, 0.05) is 10.0 Å². The Kier molecular flexibility index (Phi) is 7.28. The molecule has 0 N–H and O–H groups in total. The van der Waals surface area contributed by atoms with Crippen LogP contribution in [-0.4, -0.2) is 55.9 Å². The van der Waals surface area contributed by atoms with E-state index in [1.165, 1.54) is 0 Å². The normalized spacial score (nSPS) is 11.3. The quantitative estimate of drug-likeness (QED) is 0.686. The number of Topliss-reactive ketones (excluding diaryl/α,β-unsaturated/α-hetero) is 1. The van der Waals surface area contributed by atoms with Gasteiger partial charge in [-0.2, -0.15) is 0 Å². The molecule has 0 aliphatic heterocycles. The highest BCUT2D eigenvalue weighted by molar-refractivity contribution is 9.10. The number of carbonyl (C=O) groups is 1. The van der Waals surface area contributed by atoms with Crippen LogP contribution < -0.4 is 0 Å². The lowest BCUT2D eigenvalue weighted by Crippen LogP contribution is -2.32. The van der Waals surface area contributed by atoms with Crippen LogP contribution in [0, 0.1) is 0 Å². The zero-order chi connectivity index (χ0) is 14.3. The second-order valence-electron chi connectivity index (χ2n) is 4.96. The number of carbonyl (C=O) groups excluding carboxylic acids is 1. The third kappa shape index (κ3) is 6.32. The summed E-state index contributed by atoms with van der Waals surface area (Å²) in [6.07, 6.45) is 1.09. The first kappa shape index (κ1) is 16.3. The highest BCUT2D eigenvalue weighted by Gasteiger charge is 2.11. The van der Waals surface area contributed by atoms with E-state index in [1.807, 2.05) is 24.3 Å². The second-order valence-corrected chi connectivity index (χ2v) is 5.87. The van der Waals surface area contributed by atoms with Crippen molar-refractivity contribution in [1.82, 2.24) is 9.80 Å². The van der Waals surface area contributed by atoms with Crippen LogP contribution in [0.15, 0.2) is 28.7 Å². The Labute approximate surface area is 124 Å². The van der Waals surface area contributed by atoms with Crippen molar-refractivity contribution in [3.63, 3.8) is 0 Å². The molecule has 0 unspecified atom stereocenters. The standard InChI is InChI=1S/C15H23BrN2O/c1-4-18(10-6-9-17(2)3)12-15(19)13-7-5-8-14(16)11-13/h5,7-8,11H,4,6,9-10,12H2,1-3H3. The number of benzene rings is 1. The summed E-state index contributed by atoms with van der Waals surface area (Å²) in [4.78, 5) is 16.6. The van der Waals surface area contributed by atoms with E-state index in [0.29, 0.717) is 6.54 Å². The van der Waals surface area contributed by atoms with Crippen molar-refractivity contribution in [3.8, 4) is 0 Å². The van der Waals surface area contributed by atoms with Crippen LogP contribution in [0.2, 0.25) is 0 Å². The van der Waals surface area contributed by atoms with Crippen LogP contribution in [0.5, 0.6) is 0 Å². The van der Waals surface area contributed by atoms with Crippen LogP contribution in [0.25, 0.3) is 0 Å². The Bertz CT molecular complexity index is 407. The molecule has 0 saturated carbocycles. The predicted molar refractivity (Wildman–Crippen MR) is 83.8 cm³/mol. The average Bonchev–Trinajstić information content (AvgIpc) is 2.37. The Morgan fingerprint density at radius 2 is 2.00 bits per heavy atom. The summed E-state index contributed by atoms with van der Waals surface area (Å²) in [5, 5.41) is 0. The summed E-state index contributed by atoms with van der Waals surface area (Å²) >= 11 is 3.40. The Balaban J connectivity index is 2.48. The van der Waals surface area contributed by atoms with Crippen LogP contribution in [0.4, 0.5) is 0 Å². The number of likely N-dealkylation sites (N-methyl/N-ethyl adjacent to an activating group) is 1. The molecule has 1 rings (SSSR count). The molecule has 0 spiro atoms. The molecular weight excluding hydrogens is 304 g/mol. The SMILES string of the molecule is CCN(CCCN(C)C)CC(=O)c1cccc(Br)c1. The number of hydrogen-bond acceptors (Lipinski definition) is 3. The lowest BCUT2D eigenvalue weighted by Gasteiger charge is -2.20. The molecule has 1 aromatic carbocycles. The fourth-order valence-electron chi connectivity index (χ4n) is 1.92. The Morgan fingerprint density at radius 3 is 2.58 bits per heavy atom. The molecule has 0 aliphatic carbocycles. The maximum atomic E-state index is 12.2. The van der Waals surface area contributed by atoms with E-state index in [1.54, 1.807) is 0 Å². The first-order chi connectivity index (χ1) is 9.02. The van der Waals surface area contributed by atoms with Gasteiger partial charge in [-0.15, -0.1) is 0 Å². The molecule has 0 heterocycles. The van der Waals surface area contributed by atoms with Gasteiger partial charge in [0.2, 0.25) is 0 Å². The third-order valence-corrected chi connectivity index (χ3v) is 3.53. The topological polar surface area (TPSA) is 23.6 Å². The average molecular weight is 327 g/mol. The number of ketones is 1. The number of rotatable bonds is 8. The number of nitrogens with zero attached hydrogens (tertiary/aromatic N) is 2. The van der Waals surface area contributed by atoms with Gasteiger partial charge in [-0.1, -0.05) is 35.0 Å². The summed E-state index contributed by atoms with van der Waals surface area (Å²) in [5.41, 5.74) is 0.778. The van der Waals surface area contributed by atoms with Gasteiger partial charge in [0.25, 0.3) is 0 Å². The van der Waals surface area contributed by atoms with E-state index >= 15 is 0 Å². The minimum Gasteiger partial charge on any atom is -0.309 e. The fraction of sp³-hybridized carbons (Fsp3) is 0.533. The molecule has 0 fully saturated rings. The summed E-state index contributed by atoms with van der Waals surface area (Å²) in [7, 11) is 4.14. The van der Waals surface area contributed by atoms with Gasteiger partial charge >= 0.3 is 0 Å². The van der Waals surface area contributed by atoms with E-state index < -0.39 is 0 Å². The lowest BCUT2D eigenvalue weighted by molar-refractivity contribution is 0.0931. The minimum atomic E-state index is 0.188. The molecule has 0 atom stereocenters. The highest BCUT2D eigenvalue weighted by Crippen LogP contribution is 2.12. The van der Waals surface area contributed by atoms with E-state index in [2.05, 4.69) is 46.7 Å². The molecule has 4 heteroatoms. The lowest BCUT2D eigenvalue weighted by atomic mass is 10.1. The van der Waals surface area contributed by atoms with Gasteiger partial charge < -0.3 is 4.90 Å². The molecule has 1 aromatic rings. The zero-order valence-corrected chi connectivity index (χ0v) is 13.6. The maximum Gasteiger partial charge on any atom is 0.176 e. The van der Waals surface area contributed by atoms with Crippen molar-refractivity contribution >= 4 is 21.7 Å². The summed E-state index contributed by atoms with van der Waals surface area (Å²) in [5.74, 6) is 0.188. The zero-order valence-electron chi connectivity index (χ0n) is 12.0. The van der Waals surface area contributed by atoms with E-state index in [9.17, 15) is 4.79 Å². The van der Waals surface area contributed by atoms with Crippen LogP contribution >= 0.6 is 15.9 Å². The van der Waals surface area contributed by atoms with Crippen LogP contribution in [-0.2, 0) is 0 Å². The summed E-state index contributed by atoms with van der Waals surface area (Å²) in [6, 6.07) is 7.60. The second kappa shape index (κ2) is 8.46. The van der Waals surface area contributed by atoms with Crippen molar-refractivity contribution in [2.75, 3.05) is 40.3 Å². The predicted octanol–water partition coefficient (Wildman–Crippen LogP) is 2.91. The monoisotopic (exact) mass is 326 g/mol. The van der Waals surface area contributed by atoms with E-state index in [-0.39, 0.29) is 5.78 Å². The molecule has 3 nitrogen and oxygen atoms in total. The largest absolute Gasteiger partial charge is 0.309 e. The van der Waals surface area contributed by atoms with Crippen molar-refractivity contribution in [2.45, 2.75) is 13.3 Å². The third-order valence-electron chi connectivity index (χ3n) is 3.04. The molecule has 0 radical (unpaired) electrons. The number of hydrogen-bond donors (Lipinski definition) is 0. The molecule has 0 aromatic heterocycles. The van der Waals surface area contributed by atoms with Gasteiger partial charge in [0.05, 0.1) is 6.54 Å². The molecule has 19 heavy (non-hydrogen) atoms.